The minimum atomic E-state index is -3.05. The Bertz CT molecular complexity index is 495. The highest BCUT2D eigenvalue weighted by Crippen LogP contribution is 2.28. The fraction of sp³-hybridized carbons (Fsp3) is 0.167. The van der Waals surface area contributed by atoms with Crippen LogP contribution in [-0.4, -0.2) is 24.0 Å². The largest absolute Gasteiger partial charge is 0.478 e. The molecular weight excluding hydrogens is 246 g/mol. The van der Waals surface area contributed by atoms with Crippen LogP contribution in [0.1, 0.15) is 21.5 Å². The molecule has 0 unspecified atom stereocenters. The maximum atomic E-state index is 12.3. The molecule has 6 heteroatoms. The van der Waals surface area contributed by atoms with Gasteiger partial charge in [-0.3, -0.25) is 4.79 Å². The average Bonchev–Trinajstić information content (AvgIpc) is 2.29. The Morgan fingerprint density at radius 1 is 1.39 bits per heavy atom. The number of rotatable bonds is 5. The predicted molar refractivity (Wildman–Crippen MR) is 59.9 cm³/mol. The van der Waals surface area contributed by atoms with E-state index in [2.05, 4.69) is 4.74 Å². The molecule has 1 rings (SSSR count). The second-order valence-electron chi connectivity index (χ2n) is 3.37. The zero-order valence-electron chi connectivity index (χ0n) is 9.39. The topological polar surface area (TPSA) is 63.6 Å². The van der Waals surface area contributed by atoms with Gasteiger partial charge in [-0.15, -0.1) is 0 Å². The van der Waals surface area contributed by atoms with Gasteiger partial charge in [0.05, 0.1) is 0 Å². The summed E-state index contributed by atoms with van der Waals surface area (Å²) < 4.78 is 28.8. The third-order valence-electron chi connectivity index (χ3n) is 2.22. The first-order chi connectivity index (χ1) is 8.45. The van der Waals surface area contributed by atoms with E-state index < -0.39 is 12.6 Å². The number of carbonyl (C=O) groups excluding carboxylic acids is 1. The molecular formula is C12H10F2O4. The van der Waals surface area contributed by atoms with Crippen molar-refractivity contribution in [3.05, 3.63) is 34.9 Å². The second kappa shape index (κ2) is 5.90. The molecule has 0 aliphatic carbocycles. The highest BCUT2D eigenvalue weighted by atomic mass is 19.3. The van der Waals surface area contributed by atoms with Crippen LogP contribution in [0.25, 0.3) is 6.08 Å². The number of alkyl halides is 2. The van der Waals surface area contributed by atoms with E-state index in [0.29, 0.717) is 6.29 Å². The number of carboxylic acids is 1. The average molecular weight is 256 g/mol. The normalized spacial score (nSPS) is 10.9. The molecule has 0 spiro atoms. The summed E-state index contributed by atoms with van der Waals surface area (Å²) in [5, 5.41) is 8.49. The van der Waals surface area contributed by atoms with Crippen LogP contribution in [0.5, 0.6) is 5.75 Å². The summed E-state index contributed by atoms with van der Waals surface area (Å²) in [6.07, 6.45) is 2.44. The van der Waals surface area contributed by atoms with Crippen LogP contribution in [0.4, 0.5) is 8.78 Å². The van der Waals surface area contributed by atoms with Gasteiger partial charge in [-0.2, -0.15) is 8.78 Å². The Labute approximate surface area is 101 Å². The molecule has 1 aromatic rings. The SMILES string of the molecule is Cc1c(C=O)ccc(/C=C/C(=O)O)c1OC(F)F. The van der Waals surface area contributed by atoms with Gasteiger partial charge in [0.15, 0.2) is 0 Å². The van der Waals surface area contributed by atoms with Gasteiger partial charge < -0.3 is 9.84 Å². The van der Waals surface area contributed by atoms with Gasteiger partial charge in [-0.25, -0.2) is 4.79 Å². The summed E-state index contributed by atoms with van der Waals surface area (Å²) in [5.74, 6) is -1.41. The molecule has 1 aromatic carbocycles. The molecule has 0 radical (unpaired) electrons. The van der Waals surface area contributed by atoms with Gasteiger partial charge in [0, 0.05) is 22.8 Å². The number of hydrogen-bond donors (Lipinski definition) is 1. The van der Waals surface area contributed by atoms with Crippen molar-refractivity contribution in [2.24, 2.45) is 0 Å². The van der Waals surface area contributed by atoms with Gasteiger partial charge in [0.2, 0.25) is 0 Å². The van der Waals surface area contributed by atoms with E-state index in [-0.39, 0.29) is 22.4 Å². The molecule has 0 bridgehead atoms. The Morgan fingerprint density at radius 2 is 2.00 bits per heavy atom. The Kier molecular flexibility index (Phi) is 4.53. The molecule has 0 fully saturated rings. The highest BCUT2D eigenvalue weighted by Gasteiger charge is 2.14. The fourth-order valence-corrected chi connectivity index (χ4v) is 1.39. The third-order valence-corrected chi connectivity index (χ3v) is 2.22. The molecule has 0 heterocycles. The molecule has 0 saturated carbocycles. The molecule has 1 N–H and O–H groups in total. The lowest BCUT2D eigenvalue weighted by molar-refractivity contribution is -0.131. The number of aliphatic carboxylic acids is 1. The van der Waals surface area contributed by atoms with Crippen LogP contribution < -0.4 is 4.74 Å². The first-order valence-electron chi connectivity index (χ1n) is 4.90. The van der Waals surface area contributed by atoms with Gasteiger partial charge in [-0.05, 0) is 13.0 Å². The molecule has 0 aliphatic rings. The van der Waals surface area contributed by atoms with Gasteiger partial charge in [-0.1, -0.05) is 12.1 Å². The van der Waals surface area contributed by atoms with Crippen molar-refractivity contribution in [3.8, 4) is 5.75 Å². The zero-order valence-corrected chi connectivity index (χ0v) is 9.39. The van der Waals surface area contributed by atoms with Gasteiger partial charge >= 0.3 is 12.6 Å². The van der Waals surface area contributed by atoms with Crippen LogP contribution in [0.3, 0.4) is 0 Å². The summed E-state index contributed by atoms with van der Waals surface area (Å²) in [5.41, 5.74) is 0.608. The van der Waals surface area contributed by atoms with Gasteiger partial charge in [0.25, 0.3) is 0 Å². The van der Waals surface area contributed by atoms with Gasteiger partial charge in [0.1, 0.15) is 12.0 Å². The van der Waals surface area contributed by atoms with Crippen LogP contribution in [0, 0.1) is 6.92 Å². The smallest absolute Gasteiger partial charge is 0.387 e. The molecule has 96 valence electrons. The van der Waals surface area contributed by atoms with E-state index in [1.807, 2.05) is 0 Å². The Morgan fingerprint density at radius 3 is 2.50 bits per heavy atom. The van der Waals surface area contributed by atoms with E-state index in [1.165, 1.54) is 19.1 Å². The third kappa shape index (κ3) is 3.38. The van der Waals surface area contributed by atoms with Crippen LogP contribution in [0.15, 0.2) is 18.2 Å². The quantitative estimate of drug-likeness (QED) is 0.649. The van der Waals surface area contributed by atoms with Crippen LogP contribution in [-0.2, 0) is 4.79 Å². The number of ether oxygens (including phenoxy) is 1. The van der Waals surface area contributed by atoms with Crippen molar-refractivity contribution < 1.29 is 28.2 Å². The first kappa shape index (κ1) is 13.8. The van der Waals surface area contributed by atoms with Crippen molar-refractivity contribution >= 4 is 18.3 Å². The molecule has 0 atom stereocenters. The van der Waals surface area contributed by atoms with Crippen molar-refractivity contribution in [2.75, 3.05) is 0 Å². The molecule has 0 amide bonds. The Balaban J connectivity index is 3.28. The zero-order chi connectivity index (χ0) is 13.7. The van der Waals surface area contributed by atoms with E-state index in [0.717, 1.165) is 12.2 Å². The molecule has 18 heavy (non-hydrogen) atoms. The van der Waals surface area contributed by atoms with Crippen LogP contribution >= 0.6 is 0 Å². The number of hydrogen-bond acceptors (Lipinski definition) is 3. The number of carbonyl (C=O) groups is 2. The summed E-state index contributed by atoms with van der Waals surface area (Å²) in [7, 11) is 0. The maximum absolute atomic E-state index is 12.3. The number of aldehydes is 1. The van der Waals surface area contributed by atoms with Crippen molar-refractivity contribution in [1.82, 2.24) is 0 Å². The van der Waals surface area contributed by atoms with Crippen molar-refractivity contribution in [1.29, 1.82) is 0 Å². The molecule has 0 aromatic heterocycles. The lowest BCUT2D eigenvalue weighted by Gasteiger charge is -2.12. The highest BCUT2D eigenvalue weighted by molar-refractivity contribution is 5.87. The first-order valence-corrected chi connectivity index (χ1v) is 4.90. The van der Waals surface area contributed by atoms with E-state index >= 15 is 0 Å². The van der Waals surface area contributed by atoms with E-state index in [1.54, 1.807) is 0 Å². The number of carboxylic acid groups (broad SMARTS) is 1. The second-order valence-corrected chi connectivity index (χ2v) is 3.37. The monoisotopic (exact) mass is 256 g/mol. The Hall–Kier alpha value is -2.24. The number of benzene rings is 1. The van der Waals surface area contributed by atoms with E-state index in [4.69, 9.17) is 5.11 Å². The minimum Gasteiger partial charge on any atom is -0.478 e. The maximum Gasteiger partial charge on any atom is 0.387 e. The summed E-state index contributed by atoms with van der Waals surface area (Å²) in [6.45, 7) is -1.61. The summed E-state index contributed by atoms with van der Waals surface area (Å²) in [6, 6.07) is 2.75. The van der Waals surface area contributed by atoms with E-state index in [9.17, 15) is 18.4 Å². The molecule has 0 aliphatic heterocycles. The summed E-state index contributed by atoms with van der Waals surface area (Å²) >= 11 is 0. The lowest BCUT2D eigenvalue weighted by Crippen LogP contribution is -2.06. The van der Waals surface area contributed by atoms with Crippen molar-refractivity contribution in [2.45, 2.75) is 13.5 Å². The molecule has 0 saturated heterocycles. The van der Waals surface area contributed by atoms with Crippen LogP contribution in [0.2, 0.25) is 0 Å². The number of halogens is 2. The van der Waals surface area contributed by atoms with Crippen molar-refractivity contribution in [3.63, 3.8) is 0 Å². The predicted octanol–water partition coefficient (Wildman–Crippen LogP) is 2.51. The fourth-order valence-electron chi connectivity index (χ4n) is 1.39. The standard InChI is InChI=1S/C12H10F2O4/c1-7-9(6-15)3-2-8(4-5-10(16)17)11(7)18-12(13)14/h2-6,12H,1H3,(H,16,17)/b5-4+. The lowest BCUT2D eigenvalue weighted by atomic mass is 10.0. The minimum absolute atomic E-state index is 0.167. The molecule has 4 nitrogen and oxygen atoms in total. The summed E-state index contributed by atoms with van der Waals surface area (Å²) in [4.78, 5) is 21.1.